The van der Waals surface area contributed by atoms with E-state index in [1.54, 1.807) is 6.07 Å². The fourth-order valence-corrected chi connectivity index (χ4v) is 4.42. The number of carbonyl (C=O) groups excluding carboxylic acids is 1. The number of aromatic nitrogens is 1. The van der Waals surface area contributed by atoms with Crippen molar-refractivity contribution in [1.82, 2.24) is 14.4 Å². The Morgan fingerprint density at radius 1 is 1.38 bits per heavy atom. The molecule has 0 aromatic carbocycles. The van der Waals surface area contributed by atoms with Gasteiger partial charge in [0.1, 0.15) is 5.76 Å². The molecule has 29 heavy (non-hydrogen) atoms. The van der Waals surface area contributed by atoms with Crippen molar-refractivity contribution in [2.24, 2.45) is 5.92 Å². The van der Waals surface area contributed by atoms with Crippen LogP contribution in [0.5, 0.6) is 0 Å². The van der Waals surface area contributed by atoms with Gasteiger partial charge in [0.05, 0.1) is 30.5 Å². The normalized spacial score (nSPS) is 19.7. The molecule has 0 aliphatic carbocycles. The molecule has 9 heteroatoms. The third-order valence-corrected chi connectivity index (χ3v) is 7.37. The molecule has 1 N–H and O–H groups in total. The van der Waals surface area contributed by atoms with Crippen LogP contribution >= 0.6 is 0 Å². The minimum absolute atomic E-state index is 0.000262. The number of sulfonamides is 1. The molecule has 2 heterocycles. The number of piperidine rings is 1. The second-order valence-electron chi connectivity index (χ2n) is 9.39. The maximum atomic E-state index is 13.0. The highest BCUT2D eigenvalue weighted by atomic mass is 32.2. The summed E-state index contributed by atoms with van der Waals surface area (Å²) < 4.78 is 30.5. The Morgan fingerprint density at radius 2 is 2.03 bits per heavy atom. The van der Waals surface area contributed by atoms with Crippen molar-refractivity contribution in [1.29, 1.82) is 0 Å². The number of likely N-dealkylation sites (N-methyl/N-ethyl adjacent to an activating group) is 1. The number of hydrogen-bond donors (Lipinski definition) is 1. The largest absolute Gasteiger partial charge is 0.395 e. The van der Waals surface area contributed by atoms with Gasteiger partial charge in [-0.1, -0.05) is 19.0 Å². The minimum Gasteiger partial charge on any atom is -0.395 e. The van der Waals surface area contributed by atoms with Crippen LogP contribution in [0.15, 0.2) is 10.6 Å². The average molecular weight is 430 g/mol. The summed E-state index contributed by atoms with van der Waals surface area (Å²) in [5.41, 5.74) is -0.631. The maximum Gasteiger partial charge on any atom is 0.211 e. The zero-order valence-corrected chi connectivity index (χ0v) is 19.3. The molecule has 0 bridgehead atoms. The highest BCUT2D eigenvalue weighted by Crippen LogP contribution is 2.26. The Morgan fingerprint density at radius 3 is 2.62 bits per heavy atom. The van der Waals surface area contributed by atoms with Gasteiger partial charge in [0, 0.05) is 31.1 Å². The summed E-state index contributed by atoms with van der Waals surface area (Å²) in [6.45, 7) is 9.12. The average Bonchev–Trinajstić information content (AvgIpc) is 3.10. The van der Waals surface area contributed by atoms with Gasteiger partial charge >= 0.3 is 0 Å². The third kappa shape index (κ3) is 5.87. The summed E-state index contributed by atoms with van der Waals surface area (Å²) in [5.74, 6) is 0.673. The molecular formula is C20H35N3O5S. The van der Waals surface area contributed by atoms with E-state index in [0.29, 0.717) is 31.1 Å². The van der Waals surface area contributed by atoms with Crippen molar-refractivity contribution in [3.63, 3.8) is 0 Å². The molecule has 0 saturated carbocycles. The summed E-state index contributed by atoms with van der Waals surface area (Å²) >= 11 is 0. The van der Waals surface area contributed by atoms with E-state index in [1.807, 2.05) is 39.6 Å². The van der Waals surface area contributed by atoms with Crippen LogP contribution in [0, 0.1) is 5.92 Å². The van der Waals surface area contributed by atoms with Crippen molar-refractivity contribution < 1.29 is 22.8 Å². The van der Waals surface area contributed by atoms with Gasteiger partial charge in [0.15, 0.2) is 5.78 Å². The van der Waals surface area contributed by atoms with Gasteiger partial charge in [-0.3, -0.25) is 9.69 Å². The maximum absolute atomic E-state index is 13.0. The highest BCUT2D eigenvalue weighted by Gasteiger charge is 2.36. The van der Waals surface area contributed by atoms with Crippen molar-refractivity contribution >= 4 is 15.8 Å². The number of ketones is 1. The van der Waals surface area contributed by atoms with E-state index in [2.05, 4.69) is 5.16 Å². The first-order valence-electron chi connectivity index (χ1n) is 10.0. The monoisotopic (exact) mass is 429 g/mol. The Balaban J connectivity index is 2.01. The Bertz CT molecular complexity index is 816. The quantitative estimate of drug-likeness (QED) is 0.633. The molecule has 0 spiro atoms. The molecule has 166 valence electrons. The van der Waals surface area contributed by atoms with Gasteiger partial charge < -0.3 is 9.63 Å². The number of rotatable bonds is 9. The van der Waals surface area contributed by atoms with Gasteiger partial charge in [0.25, 0.3) is 0 Å². The van der Waals surface area contributed by atoms with Crippen molar-refractivity contribution in [2.75, 3.05) is 39.5 Å². The molecule has 2 rings (SSSR count). The van der Waals surface area contributed by atoms with E-state index in [9.17, 15) is 18.3 Å². The van der Waals surface area contributed by atoms with Crippen LogP contribution in [0.3, 0.4) is 0 Å². The molecule has 0 radical (unpaired) electrons. The second kappa shape index (κ2) is 8.83. The SMILES string of the molecule is CN(C[C@H]1CCCN(S(C)(=O)=O)C1)C(C)(C)C(=O)Cc1cc(C(C)(C)CO)no1. The van der Waals surface area contributed by atoms with E-state index in [4.69, 9.17) is 4.52 Å². The van der Waals surface area contributed by atoms with E-state index in [1.165, 1.54) is 10.6 Å². The first kappa shape index (κ1) is 24.0. The summed E-state index contributed by atoms with van der Waals surface area (Å²) in [4.78, 5) is 15.0. The molecular weight excluding hydrogens is 394 g/mol. The van der Waals surface area contributed by atoms with Crippen LogP contribution in [-0.4, -0.2) is 78.8 Å². The van der Waals surface area contributed by atoms with Crippen LogP contribution in [0.4, 0.5) is 0 Å². The van der Waals surface area contributed by atoms with Gasteiger partial charge in [0.2, 0.25) is 10.0 Å². The molecule has 1 saturated heterocycles. The summed E-state index contributed by atoms with van der Waals surface area (Å²) in [5, 5.41) is 13.5. The Kier molecular flexibility index (Phi) is 7.30. The highest BCUT2D eigenvalue weighted by molar-refractivity contribution is 7.88. The van der Waals surface area contributed by atoms with Crippen LogP contribution in [0.25, 0.3) is 0 Å². The summed E-state index contributed by atoms with van der Waals surface area (Å²) in [6.07, 6.45) is 3.14. The lowest BCUT2D eigenvalue weighted by Crippen LogP contribution is -2.52. The lowest BCUT2D eigenvalue weighted by molar-refractivity contribution is -0.128. The van der Waals surface area contributed by atoms with Gasteiger partial charge in [-0.15, -0.1) is 0 Å². The van der Waals surface area contributed by atoms with Crippen molar-refractivity contribution in [3.05, 3.63) is 17.5 Å². The minimum atomic E-state index is -3.19. The number of Topliss-reactive ketones (excluding diaryl/α,β-unsaturated/α-hetero) is 1. The molecule has 8 nitrogen and oxygen atoms in total. The van der Waals surface area contributed by atoms with E-state index < -0.39 is 21.0 Å². The predicted octanol–water partition coefficient (Wildman–Crippen LogP) is 1.44. The zero-order chi connectivity index (χ0) is 22.0. The molecule has 1 fully saturated rings. The van der Waals surface area contributed by atoms with E-state index in [-0.39, 0.29) is 24.7 Å². The van der Waals surface area contributed by atoms with Crippen molar-refractivity contribution in [3.8, 4) is 0 Å². The van der Waals surface area contributed by atoms with Crippen LogP contribution < -0.4 is 0 Å². The Labute approximate surface area is 174 Å². The van der Waals surface area contributed by atoms with Crippen LogP contribution in [0.1, 0.15) is 52.0 Å². The molecule has 1 aromatic heterocycles. The second-order valence-corrected chi connectivity index (χ2v) is 11.4. The fourth-order valence-electron chi connectivity index (χ4n) is 3.48. The molecule has 1 aliphatic rings. The first-order chi connectivity index (χ1) is 13.3. The molecule has 0 amide bonds. The molecule has 1 aliphatic heterocycles. The van der Waals surface area contributed by atoms with Gasteiger partial charge in [-0.2, -0.15) is 0 Å². The first-order valence-corrected chi connectivity index (χ1v) is 11.9. The smallest absolute Gasteiger partial charge is 0.211 e. The zero-order valence-electron chi connectivity index (χ0n) is 18.4. The standard InChI is InChI=1S/C20H35N3O5S/c1-19(2,14-24)17-10-16(28-21-17)11-18(25)20(3,4)22(5)12-15-8-7-9-23(13-15)29(6,26)27/h10,15,24H,7-9,11-14H2,1-6H3/t15-/m1/s1. The lowest BCUT2D eigenvalue weighted by Gasteiger charge is -2.39. The molecule has 0 unspecified atom stereocenters. The summed E-state index contributed by atoms with van der Waals surface area (Å²) in [6, 6.07) is 1.73. The Hall–Kier alpha value is -1.29. The predicted molar refractivity (Wildman–Crippen MR) is 111 cm³/mol. The summed E-state index contributed by atoms with van der Waals surface area (Å²) in [7, 11) is -1.29. The number of hydrogen-bond acceptors (Lipinski definition) is 7. The number of aliphatic hydroxyl groups excluding tert-OH is 1. The number of carbonyl (C=O) groups is 1. The third-order valence-electron chi connectivity index (χ3n) is 6.10. The van der Waals surface area contributed by atoms with Gasteiger partial charge in [-0.05, 0) is 39.7 Å². The molecule has 1 atom stereocenters. The number of aliphatic hydroxyl groups is 1. The lowest BCUT2D eigenvalue weighted by atomic mass is 9.89. The molecule has 1 aromatic rings. The van der Waals surface area contributed by atoms with Crippen molar-refractivity contribution in [2.45, 2.75) is 57.9 Å². The number of nitrogens with zero attached hydrogens (tertiary/aromatic N) is 3. The van der Waals surface area contributed by atoms with Crippen LogP contribution in [0.2, 0.25) is 0 Å². The topological polar surface area (TPSA) is 104 Å². The van der Waals surface area contributed by atoms with E-state index >= 15 is 0 Å². The van der Waals surface area contributed by atoms with E-state index in [0.717, 1.165) is 12.8 Å². The van der Waals surface area contributed by atoms with Crippen LogP contribution in [-0.2, 0) is 26.7 Å². The van der Waals surface area contributed by atoms with Gasteiger partial charge in [-0.25, -0.2) is 12.7 Å². The fraction of sp³-hybridized carbons (Fsp3) is 0.800.